The minimum absolute atomic E-state index is 0.000122. The van der Waals surface area contributed by atoms with Crippen molar-refractivity contribution in [1.82, 2.24) is 16.0 Å². The van der Waals surface area contributed by atoms with Crippen molar-refractivity contribution in [3.8, 4) is 5.75 Å². The van der Waals surface area contributed by atoms with E-state index >= 15 is 0 Å². The fourth-order valence-corrected chi connectivity index (χ4v) is 5.39. The molecule has 0 aromatic heterocycles. The second-order valence-corrected chi connectivity index (χ2v) is 10.4. The minimum Gasteiger partial charge on any atom is -0.496 e. The van der Waals surface area contributed by atoms with Crippen molar-refractivity contribution in [2.75, 3.05) is 37.0 Å². The van der Waals surface area contributed by atoms with Crippen LogP contribution in [-0.4, -0.2) is 63.0 Å². The number of carbonyl (C=O) groups is 4. The first-order chi connectivity index (χ1) is 19.8. The molecule has 6 bridgehead atoms. The lowest BCUT2D eigenvalue weighted by atomic mass is 9.99. The summed E-state index contributed by atoms with van der Waals surface area (Å²) >= 11 is 0. The zero-order chi connectivity index (χ0) is 29.1. The van der Waals surface area contributed by atoms with Crippen LogP contribution < -0.4 is 30.5 Å². The first kappa shape index (κ1) is 28.1. The van der Waals surface area contributed by atoms with Crippen molar-refractivity contribution < 1.29 is 23.9 Å². The molecule has 4 amide bonds. The molecule has 0 fully saturated rings. The second kappa shape index (κ2) is 12.0. The van der Waals surface area contributed by atoms with E-state index in [1.54, 1.807) is 36.9 Å². The number of amides is 4. The number of para-hydroxylation sites is 2. The number of nitrogens with one attached hydrogen (secondary N) is 3. The molecule has 0 saturated heterocycles. The molecular weight excluding hydrogens is 522 g/mol. The van der Waals surface area contributed by atoms with Crippen LogP contribution in [0.25, 0.3) is 10.8 Å². The molecule has 3 aromatic carbocycles. The number of methoxy groups -OCH3 is 1. The van der Waals surface area contributed by atoms with Crippen LogP contribution in [0.1, 0.15) is 42.1 Å². The lowest BCUT2D eigenvalue weighted by Gasteiger charge is -2.27. The van der Waals surface area contributed by atoms with Gasteiger partial charge in [0.25, 0.3) is 11.8 Å². The number of rotatable bonds is 4. The van der Waals surface area contributed by atoms with Gasteiger partial charge in [-0.1, -0.05) is 24.3 Å². The van der Waals surface area contributed by atoms with E-state index in [0.29, 0.717) is 42.1 Å². The van der Waals surface area contributed by atoms with Crippen LogP contribution in [0.5, 0.6) is 5.75 Å². The zero-order valence-electron chi connectivity index (χ0n) is 23.5. The lowest BCUT2D eigenvalue weighted by Crippen LogP contribution is -2.55. The summed E-state index contributed by atoms with van der Waals surface area (Å²) in [6.07, 6.45) is 1.40. The molecule has 10 heteroatoms. The van der Waals surface area contributed by atoms with Crippen molar-refractivity contribution in [3.63, 3.8) is 0 Å². The van der Waals surface area contributed by atoms with Crippen LogP contribution in [0.3, 0.4) is 0 Å². The average molecular weight is 558 g/mol. The monoisotopic (exact) mass is 557 g/mol. The summed E-state index contributed by atoms with van der Waals surface area (Å²) in [5, 5.41) is 10.4. The van der Waals surface area contributed by atoms with Crippen LogP contribution in [0, 0.1) is 0 Å². The number of fused-ring (bicyclic) bond motifs is 7. The molecule has 3 aliphatic rings. The van der Waals surface area contributed by atoms with Crippen molar-refractivity contribution in [1.29, 1.82) is 0 Å². The highest BCUT2D eigenvalue weighted by Crippen LogP contribution is 2.37. The second-order valence-electron chi connectivity index (χ2n) is 10.4. The Morgan fingerprint density at radius 3 is 2.51 bits per heavy atom. The predicted molar refractivity (Wildman–Crippen MR) is 157 cm³/mol. The van der Waals surface area contributed by atoms with Gasteiger partial charge < -0.3 is 30.5 Å². The van der Waals surface area contributed by atoms with Crippen molar-refractivity contribution in [3.05, 3.63) is 65.7 Å². The van der Waals surface area contributed by atoms with Crippen molar-refractivity contribution >= 4 is 45.8 Å². The van der Waals surface area contributed by atoms with Gasteiger partial charge in [0.2, 0.25) is 11.8 Å². The smallest absolute Gasteiger partial charge is 0.251 e. The number of hydrogen-bond donors (Lipinski definition) is 3. The fourth-order valence-electron chi connectivity index (χ4n) is 5.39. The largest absolute Gasteiger partial charge is 0.496 e. The molecule has 3 N–H and O–H groups in total. The normalized spacial score (nSPS) is 18.6. The Balaban J connectivity index is 1.69. The Hall–Kier alpha value is -4.44. The van der Waals surface area contributed by atoms with Gasteiger partial charge in [-0.25, -0.2) is 0 Å². The first-order valence-electron chi connectivity index (χ1n) is 13.9. The molecule has 214 valence electrons. The Labute approximate surface area is 239 Å². The number of benzene rings is 3. The van der Waals surface area contributed by atoms with E-state index in [0.717, 1.165) is 16.3 Å². The number of carbonyl (C=O) groups excluding carboxylic acids is 4. The molecule has 0 saturated carbocycles. The van der Waals surface area contributed by atoms with E-state index in [4.69, 9.17) is 4.74 Å². The highest BCUT2D eigenvalue weighted by Gasteiger charge is 2.37. The summed E-state index contributed by atoms with van der Waals surface area (Å²) in [6, 6.07) is 15.0. The van der Waals surface area contributed by atoms with E-state index in [-0.39, 0.29) is 43.1 Å². The van der Waals surface area contributed by atoms with E-state index < -0.39 is 12.1 Å². The van der Waals surface area contributed by atoms with Gasteiger partial charge >= 0.3 is 0 Å². The lowest BCUT2D eigenvalue weighted by molar-refractivity contribution is -0.128. The zero-order valence-corrected chi connectivity index (χ0v) is 23.5. The third-order valence-electron chi connectivity index (χ3n) is 7.83. The Bertz CT molecular complexity index is 1510. The Morgan fingerprint density at radius 2 is 1.78 bits per heavy atom. The van der Waals surface area contributed by atoms with Crippen LogP contribution in [0.2, 0.25) is 0 Å². The van der Waals surface area contributed by atoms with Gasteiger partial charge in [-0.15, -0.1) is 0 Å². The fraction of sp³-hybridized carbons (Fsp3) is 0.355. The van der Waals surface area contributed by atoms with Crippen LogP contribution in [0.15, 0.2) is 54.6 Å². The molecule has 41 heavy (non-hydrogen) atoms. The van der Waals surface area contributed by atoms with Crippen molar-refractivity contribution in [2.24, 2.45) is 0 Å². The first-order valence-corrected chi connectivity index (χ1v) is 13.9. The van der Waals surface area contributed by atoms with E-state index in [9.17, 15) is 19.2 Å². The maximum absolute atomic E-state index is 14.3. The number of likely N-dealkylation sites (N-methyl/N-ethyl adjacent to an activating group) is 1. The molecule has 2 atom stereocenters. The number of ether oxygens (including phenoxy) is 1. The number of nitrogens with zero attached hydrogens (tertiary/aromatic N) is 2. The Kier molecular flexibility index (Phi) is 8.21. The summed E-state index contributed by atoms with van der Waals surface area (Å²) < 4.78 is 5.73. The van der Waals surface area contributed by atoms with Gasteiger partial charge in [0, 0.05) is 24.1 Å². The maximum Gasteiger partial charge on any atom is 0.251 e. The standard InChI is InChI=1S/C31H35N5O5/c1-19(32-2)29(38)34-24-18-35-25-8-4-5-9-26(25)36(31(24)40)17-23-22-13-11-21(16-20(22)12-14-27(23)41-3)30(39)33-15-7-6-10-28(35)37/h4-5,8-9,11-14,16,19,24,32H,6-7,10,15,17-18H2,1-3H3,(H,33,39)(H,34,38)/t19-,24-/m0/s1. The van der Waals surface area contributed by atoms with Crippen LogP contribution >= 0.6 is 0 Å². The molecule has 0 radical (unpaired) electrons. The molecule has 10 nitrogen and oxygen atoms in total. The Morgan fingerprint density at radius 1 is 1.02 bits per heavy atom. The van der Waals surface area contributed by atoms with Gasteiger partial charge in [-0.05, 0) is 67.9 Å². The number of hydrogen-bond acceptors (Lipinski definition) is 6. The van der Waals surface area contributed by atoms with Crippen LogP contribution in [0.4, 0.5) is 11.4 Å². The summed E-state index contributed by atoms with van der Waals surface area (Å²) in [7, 11) is 3.25. The molecular formula is C31H35N5O5. The molecule has 0 aliphatic carbocycles. The third kappa shape index (κ3) is 5.60. The molecule has 6 rings (SSSR count). The van der Waals surface area contributed by atoms with Gasteiger partial charge in [0.15, 0.2) is 0 Å². The third-order valence-corrected chi connectivity index (χ3v) is 7.83. The highest BCUT2D eigenvalue weighted by molar-refractivity contribution is 6.08. The maximum atomic E-state index is 14.3. The molecule has 0 unspecified atom stereocenters. The molecule has 3 aromatic rings. The van der Waals surface area contributed by atoms with E-state index in [2.05, 4.69) is 16.0 Å². The van der Waals surface area contributed by atoms with E-state index in [1.165, 1.54) is 0 Å². The molecule has 3 heterocycles. The summed E-state index contributed by atoms with van der Waals surface area (Å²) in [6.45, 7) is 2.27. The predicted octanol–water partition coefficient (Wildman–Crippen LogP) is 2.73. The quantitative estimate of drug-likeness (QED) is 0.454. The van der Waals surface area contributed by atoms with E-state index in [1.807, 2.05) is 48.5 Å². The van der Waals surface area contributed by atoms with Gasteiger partial charge in [-0.3, -0.25) is 19.2 Å². The summed E-state index contributed by atoms with van der Waals surface area (Å²) in [5.41, 5.74) is 2.45. The van der Waals surface area contributed by atoms with Gasteiger partial charge in [-0.2, -0.15) is 0 Å². The van der Waals surface area contributed by atoms with Gasteiger partial charge in [0.1, 0.15) is 11.8 Å². The topological polar surface area (TPSA) is 120 Å². The highest BCUT2D eigenvalue weighted by atomic mass is 16.5. The summed E-state index contributed by atoms with van der Waals surface area (Å²) in [4.78, 5) is 56.9. The summed E-state index contributed by atoms with van der Waals surface area (Å²) in [5.74, 6) is -0.422. The van der Waals surface area contributed by atoms with Crippen LogP contribution in [-0.2, 0) is 20.9 Å². The minimum atomic E-state index is -0.972. The molecule has 0 spiro atoms. The SMILES string of the molecule is CN[C@@H](C)C(=O)N[C@H]1CN2C(=O)CCCCNC(=O)c3ccc4c(c(OC)ccc4c3)CN(C1=O)c1ccccc12. The average Bonchev–Trinajstić information content (AvgIpc) is 3.10. The van der Waals surface area contributed by atoms with Crippen molar-refractivity contribution in [2.45, 2.75) is 44.8 Å². The molecule has 3 aliphatic heterocycles. The number of anilines is 2. The van der Waals surface area contributed by atoms with Gasteiger partial charge in [0.05, 0.1) is 37.6 Å².